The third-order valence-corrected chi connectivity index (χ3v) is 4.85. The van der Waals surface area contributed by atoms with Gasteiger partial charge in [-0.1, -0.05) is 0 Å². The van der Waals surface area contributed by atoms with Crippen LogP contribution in [0.5, 0.6) is 0 Å². The molecule has 2 aromatic rings. The highest BCUT2D eigenvalue weighted by Crippen LogP contribution is 2.36. The molecule has 1 amide bonds. The molecule has 2 atom stereocenters. The first-order chi connectivity index (χ1) is 14.2. The molecular formula is C20H21F3N6O. The van der Waals surface area contributed by atoms with Crippen LogP contribution in [0.3, 0.4) is 0 Å². The van der Waals surface area contributed by atoms with Crippen LogP contribution in [0.1, 0.15) is 12.0 Å². The van der Waals surface area contributed by atoms with Crippen molar-refractivity contribution in [2.24, 2.45) is 5.92 Å². The fraction of sp³-hybridized carbons (Fsp3) is 0.400. The van der Waals surface area contributed by atoms with E-state index >= 15 is 0 Å². The molecular weight excluding hydrogens is 397 g/mol. The van der Waals surface area contributed by atoms with Crippen molar-refractivity contribution in [3.63, 3.8) is 0 Å². The highest BCUT2D eigenvalue weighted by atomic mass is 19.4. The molecule has 1 aromatic carbocycles. The quantitative estimate of drug-likeness (QED) is 0.768. The molecule has 7 nitrogen and oxygen atoms in total. The molecule has 0 spiro atoms. The summed E-state index contributed by atoms with van der Waals surface area (Å²) in [7, 11) is 3.48. The van der Waals surface area contributed by atoms with Crippen LogP contribution in [-0.2, 0) is 4.79 Å². The summed E-state index contributed by atoms with van der Waals surface area (Å²) >= 11 is 0. The number of anilines is 1. The predicted octanol–water partition coefficient (Wildman–Crippen LogP) is 2.45. The van der Waals surface area contributed by atoms with E-state index in [0.717, 1.165) is 0 Å². The number of hydrogen-bond donors (Lipinski definition) is 1. The van der Waals surface area contributed by atoms with Crippen LogP contribution >= 0.6 is 0 Å². The molecule has 158 valence electrons. The van der Waals surface area contributed by atoms with Gasteiger partial charge in [0, 0.05) is 57.9 Å². The Balaban J connectivity index is 1.93. The summed E-state index contributed by atoms with van der Waals surface area (Å²) in [5.74, 6) is -2.07. The Morgan fingerprint density at radius 2 is 1.97 bits per heavy atom. The molecule has 1 aliphatic heterocycles. The second kappa shape index (κ2) is 8.57. The van der Waals surface area contributed by atoms with Crippen LogP contribution in [0.15, 0.2) is 36.8 Å². The van der Waals surface area contributed by atoms with Gasteiger partial charge in [0.2, 0.25) is 5.91 Å². The molecule has 0 aliphatic carbocycles. The number of amides is 1. The van der Waals surface area contributed by atoms with Gasteiger partial charge in [0.05, 0.1) is 17.2 Å². The number of alkyl halides is 3. The highest BCUT2D eigenvalue weighted by Gasteiger charge is 2.45. The van der Waals surface area contributed by atoms with Gasteiger partial charge in [0.15, 0.2) is 0 Å². The number of benzene rings is 1. The molecule has 0 unspecified atom stereocenters. The van der Waals surface area contributed by atoms with Crippen molar-refractivity contribution in [1.82, 2.24) is 20.2 Å². The van der Waals surface area contributed by atoms with Crippen LogP contribution in [0.4, 0.5) is 18.9 Å². The molecule has 1 fully saturated rings. The van der Waals surface area contributed by atoms with Gasteiger partial charge < -0.3 is 15.1 Å². The minimum absolute atomic E-state index is 0.186. The minimum atomic E-state index is -4.41. The van der Waals surface area contributed by atoms with E-state index in [4.69, 9.17) is 0 Å². The van der Waals surface area contributed by atoms with E-state index in [2.05, 4.69) is 15.3 Å². The van der Waals surface area contributed by atoms with E-state index in [1.54, 1.807) is 30.0 Å². The number of rotatable bonds is 4. The molecule has 10 heteroatoms. The first kappa shape index (κ1) is 21.4. The maximum absolute atomic E-state index is 13.6. The summed E-state index contributed by atoms with van der Waals surface area (Å²) in [4.78, 5) is 23.8. The van der Waals surface area contributed by atoms with Gasteiger partial charge >= 0.3 is 6.18 Å². The summed E-state index contributed by atoms with van der Waals surface area (Å²) in [6.07, 6.45) is 1.06. The largest absolute Gasteiger partial charge is 0.393 e. The number of carbonyl (C=O) groups excluding carboxylic acids is 1. The molecule has 1 N–H and O–H groups in total. The maximum Gasteiger partial charge on any atom is 0.393 e. The highest BCUT2D eigenvalue weighted by molar-refractivity contribution is 5.92. The summed E-state index contributed by atoms with van der Waals surface area (Å²) in [5.41, 5.74) is 1.44. The van der Waals surface area contributed by atoms with Gasteiger partial charge in [0.1, 0.15) is 17.1 Å². The van der Waals surface area contributed by atoms with E-state index in [0.29, 0.717) is 22.3 Å². The molecule has 2 heterocycles. The van der Waals surface area contributed by atoms with E-state index in [-0.39, 0.29) is 19.5 Å². The number of nitriles is 1. The van der Waals surface area contributed by atoms with Crippen LogP contribution in [0.25, 0.3) is 11.0 Å². The summed E-state index contributed by atoms with van der Waals surface area (Å²) in [6.45, 7) is -0.0767. The van der Waals surface area contributed by atoms with Crippen molar-refractivity contribution in [2.75, 3.05) is 32.1 Å². The lowest BCUT2D eigenvalue weighted by Crippen LogP contribution is -2.53. The minimum Gasteiger partial charge on any atom is -0.383 e. The summed E-state index contributed by atoms with van der Waals surface area (Å²) in [5, 5.41) is 11.9. The van der Waals surface area contributed by atoms with Crippen LogP contribution in [-0.4, -0.2) is 60.2 Å². The van der Waals surface area contributed by atoms with Gasteiger partial charge in [-0.05, 0) is 18.6 Å². The number of carbonyl (C=O) groups is 1. The molecule has 0 radical (unpaired) electrons. The molecule has 3 rings (SSSR count). The van der Waals surface area contributed by atoms with Gasteiger partial charge in [-0.25, -0.2) is 0 Å². The number of nitrogens with zero attached hydrogens (tertiary/aromatic N) is 5. The zero-order chi connectivity index (χ0) is 21.9. The Morgan fingerprint density at radius 1 is 1.27 bits per heavy atom. The Kier molecular flexibility index (Phi) is 6.10. The fourth-order valence-corrected chi connectivity index (χ4v) is 3.49. The molecule has 1 saturated heterocycles. The second-order valence-corrected chi connectivity index (χ2v) is 7.36. The third-order valence-electron chi connectivity index (χ3n) is 4.85. The van der Waals surface area contributed by atoms with E-state index in [1.807, 2.05) is 6.07 Å². The topological polar surface area (TPSA) is 85.2 Å². The number of aromatic nitrogens is 2. The van der Waals surface area contributed by atoms with Crippen molar-refractivity contribution in [3.05, 3.63) is 42.4 Å². The first-order valence-electron chi connectivity index (χ1n) is 9.29. The standard InChI is InChI=1S/C20H21F3N6O/c1-28(2)8-5-17(30)27-15-9-14(20(21,22)23)11-29(12-15)16-4-3-13(10-24)18-19(16)26-7-6-25-18/h3-8,14-15H,9,11-12H2,1-2H3,(H,27,30)/t14-,15+/m0/s1. The Labute approximate surface area is 171 Å². The van der Waals surface area contributed by atoms with Crippen molar-refractivity contribution in [3.8, 4) is 6.07 Å². The van der Waals surface area contributed by atoms with Gasteiger partial charge in [-0.3, -0.25) is 14.8 Å². The Hall–Kier alpha value is -3.35. The third kappa shape index (κ3) is 4.79. The second-order valence-electron chi connectivity index (χ2n) is 7.36. The average molecular weight is 418 g/mol. The zero-order valence-corrected chi connectivity index (χ0v) is 16.5. The molecule has 1 aliphatic rings. The monoisotopic (exact) mass is 418 g/mol. The SMILES string of the molecule is CN(C)C=CC(=O)N[C@@H]1C[C@H](C(F)(F)F)CN(c2ccc(C#N)c3nccnc23)C1. The lowest BCUT2D eigenvalue weighted by Gasteiger charge is -2.40. The van der Waals surface area contributed by atoms with Gasteiger partial charge in [-0.2, -0.15) is 18.4 Å². The van der Waals surface area contributed by atoms with Crippen molar-refractivity contribution in [2.45, 2.75) is 18.6 Å². The normalized spacial score (nSPS) is 19.7. The molecule has 0 saturated carbocycles. The average Bonchev–Trinajstić information content (AvgIpc) is 2.70. The van der Waals surface area contributed by atoms with Crippen LogP contribution < -0.4 is 10.2 Å². The van der Waals surface area contributed by atoms with Gasteiger partial charge in [0.25, 0.3) is 0 Å². The number of halogens is 3. The lowest BCUT2D eigenvalue weighted by atomic mass is 9.92. The van der Waals surface area contributed by atoms with E-state index < -0.39 is 24.0 Å². The Bertz CT molecular complexity index is 998. The van der Waals surface area contributed by atoms with Crippen molar-refractivity contribution >= 4 is 22.6 Å². The molecule has 1 aromatic heterocycles. The number of fused-ring (bicyclic) bond motifs is 1. The van der Waals surface area contributed by atoms with Crippen LogP contribution in [0, 0.1) is 17.2 Å². The predicted molar refractivity (Wildman–Crippen MR) is 105 cm³/mol. The fourth-order valence-electron chi connectivity index (χ4n) is 3.49. The lowest BCUT2D eigenvalue weighted by molar-refractivity contribution is -0.178. The number of hydrogen-bond acceptors (Lipinski definition) is 6. The summed E-state index contributed by atoms with van der Waals surface area (Å²) in [6, 6.07) is 4.43. The van der Waals surface area contributed by atoms with Gasteiger partial charge in [-0.15, -0.1) is 0 Å². The van der Waals surface area contributed by atoms with Crippen LogP contribution in [0.2, 0.25) is 0 Å². The number of piperidine rings is 1. The Morgan fingerprint density at radius 3 is 2.60 bits per heavy atom. The first-order valence-corrected chi connectivity index (χ1v) is 9.29. The summed E-state index contributed by atoms with van der Waals surface area (Å²) < 4.78 is 40.8. The van der Waals surface area contributed by atoms with Crippen molar-refractivity contribution in [1.29, 1.82) is 5.26 Å². The zero-order valence-electron chi connectivity index (χ0n) is 16.5. The number of nitrogens with one attached hydrogen (secondary N) is 1. The van der Waals surface area contributed by atoms with E-state index in [9.17, 15) is 23.2 Å². The molecule has 30 heavy (non-hydrogen) atoms. The van der Waals surface area contributed by atoms with Crippen molar-refractivity contribution < 1.29 is 18.0 Å². The maximum atomic E-state index is 13.6. The molecule has 0 bridgehead atoms. The smallest absolute Gasteiger partial charge is 0.383 e. The van der Waals surface area contributed by atoms with E-state index in [1.165, 1.54) is 30.7 Å².